The van der Waals surface area contributed by atoms with E-state index in [1.807, 2.05) is 12.1 Å². The molecular formula is C17H18Cl2N2O4S. The zero-order chi connectivity index (χ0) is 19.3. The molecule has 1 amide bonds. The molecule has 2 N–H and O–H groups in total. The van der Waals surface area contributed by atoms with Crippen molar-refractivity contribution in [2.24, 2.45) is 0 Å². The fraction of sp³-hybridized carbons (Fsp3) is 0.235. The van der Waals surface area contributed by atoms with E-state index < -0.39 is 9.84 Å². The molecule has 0 heterocycles. The van der Waals surface area contributed by atoms with Crippen molar-refractivity contribution in [1.82, 2.24) is 5.32 Å². The molecule has 2 aromatic carbocycles. The SMILES string of the molecule is COc1c(NCC(=O)NCc2ccccc2Cl)cc(Cl)cc1S(C)(=O)=O. The Morgan fingerprint density at radius 2 is 1.88 bits per heavy atom. The second kappa shape index (κ2) is 8.62. The Morgan fingerprint density at radius 3 is 2.50 bits per heavy atom. The molecule has 0 aliphatic carbocycles. The first-order chi connectivity index (χ1) is 12.2. The molecule has 0 saturated heterocycles. The summed E-state index contributed by atoms with van der Waals surface area (Å²) in [6, 6.07) is 9.99. The quantitative estimate of drug-likeness (QED) is 0.723. The Kier molecular flexibility index (Phi) is 6.75. The van der Waals surface area contributed by atoms with Crippen LogP contribution in [-0.2, 0) is 21.2 Å². The van der Waals surface area contributed by atoms with Crippen LogP contribution >= 0.6 is 23.2 Å². The number of hydrogen-bond acceptors (Lipinski definition) is 5. The Labute approximate surface area is 162 Å². The van der Waals surface area contributed by atoms with Crippen LogP contribution in [0.3, 0.4) is 0 Å². The van der Waals surface area contributed by atoms with E-state index >= 15 is 0 Å². The van der Waals surface area contributed by atoms with Gasteiger partial charge in [-0.25, -0.2) is 8.42 Å². The van der Waals surface area contributed by atoms with Gasteiger partial charge >= 0.3 is 0 Å². The van der Waals surface area contributed by atoms with Crippen LogP contribution in [0.1, 0.15) is 5.56 Å². The molecule has 26 heavy (non-hydrogen) atoms. The highest BCUT2D eigenvalue weighted by Crippen LogP contribution is 2.35. The molecule has 0 aliphatic rings. The van der Waals surface area contributed by atoms with E-state index in [4.69, 9.17) is 27.9 Å². The van der Waals surface area contributed by atoms with Gasteiger partial charge in [0.05, 0.1) is 19.3 Å². The number of halogens is 2. The van der Waals surface area contributed by atoms with E-state index in [1.54, 1.807) is 12.1 Å². The number of sulfone groups is 1. The molecule has 9 heteroatoms. The lowest BCUT2D eigenvalue weighted by molar-refractivity contribution is -0.119. The summed E-state index contributed by atoms with van der Waals surface area (Å²) in [4.78, 5) is 12.0. The van der Waals surface area contributed by atoms with E-state index in [9.17, 15) is 13.2 Å². The number of methoxy groups -OCH3 is 1. The van der Waals surface area contributed by atoms with Gasteiger partial charge in [-0.15, -0.1) is 0 Å². The molecule has 0 fully saturated rings. The third kappa shape index (κ3) is 5.27. The molecule has 0 unspecified atom stereocenters. The molecule has 140 valence electrons. The third-order valence-electron chi connectivity index (χ3n) is 3.50. The normalized spacial score (nSPS) is 11.1. The van der Waals surface area contributed by atoms with Crippen molar-refractivity contribution in [2.45, 2.75) is 11.4 Å². The number of ether oxygens (including phenoxy) is 1. The van der Waals surface area contributed by atoms with Gasteiger partial charge in [0.25, 0.3) is 0 Å². The maximum absolute atomic E-state index is 12.1. The van der Waals surface area contributed by atoms with Crippen LogP contribution in [0.15, 0.2) is 41.3 Å². The molecule has 0 saturated carbocycles. The predicted octanol–water partition coefficient (Wildman–Crippen LogP) is 3.13. The van der Waals surface area contributed by atoms with E-state index in [0.29, 0.717) is 10.7 Å². The minimum atomic E-state index is -3.54. The predicted molar refractivity (Wildman–Crippen MR) is 103 cm³/mol. The van der Waals surface area contributed by atoms with Gasteiger partial charge in [0, 0.05) is 22.8 Å². The van der Waals surface area contributed by atoms with Crippen molar-refractivity contribution >= 4 is 44.6 Å². The van der Waals surface area contributed by atoms with Crippen LogP contribution in [0.4, 0.5) is 5.69 Å². The Bertz CT molecular complexity index is 917. The standard InChI is InChI=1S/C17H18Cl2N2O4S/c1-25-17-14(7-12(18)8-15(17)26(2,23)24)20-10-16(22)21-9-11-5-3-4-6-13(11)19/h3-8,20H,9-10H2,1-2H3,(H,21,22). The summed E-state index contributed by atoms with van der Waals surface area (Å²) >= 11 is 12.0. The van der Waals surface area contributed by atoms with E-state index in [-0.39, 0.29) is 34.7 Å². The minimum Gasteiger partial charge on any atom is -0.493 e. The number of rotatable bonds is 7. The van der Waals surface area contributed by atoms with Crippen molar-refractivity contribution in [2.75, 3.05) is 25.2 Å². The van der Waals surface area contributed by atoms with Crippen LogP contribution in [0.5, 0.6) is 5.75 Å². The zero-order valence-corrected chi connectivity index (χ0v) is 16.5. The first kappa shape index (κ1) is 20.4. The summed E-state index contributed by atoms with van der Waals surface area (Å²) < 4.78 is 29.0. The number of hydrogen-bond donors (Lipinski definition) is 2. The first-order valence-corrected chi connectivity index (χ1v) is 10.2. The topological polar surface area (TPSA) is 84.5 Å². The zero-order valence-electron chi connectivity index (χ0n) is 14.2. The Balaban J connectivity index is 2.08. The van der Waals surface area contributed by atoms with Crippen LogP contribution in [0, 0.1) is 0 Å². The van der Waals surface area contributed by atoms with Crippen LogP contribution < -0.4 is 15.4 Å². The van der Waals surface area contributed by atoms with Crippen molar-refractivity contribution in [3.8, 4) is 5.75 Å². The van der Waals surface area contributed by atoms with Gasteiger partial charge in [0.1, 0.15) is 4.90 Å². The monoisotopic (exact) mass is 416 g/mol. The number of carbonyl (C=O) groups excluding carboxylic acids is 1. The molecule has 0 aromatic heterocycles. The number of carbonyl (C=O) groups is 1. The Hall–Kier alpha value is -1.96. The lowest BCUT2D eigenvalue weighted by Gasteiger charge is -2.15. The van der Waals surface area contributed by atoms with E-state index in [2.05, 4.69) is 10.6 Å². The van der Waals surface area contributed by atoms with E-state index in [1.165, 1.54) is 19.2 Å². The van der Waals surface area contributed by atoms with Crippen LogP contribution in [-0.4, -0.2) is 34.2 Å². The summed E-state index contributed by atoms with van der Waals surface area (Å²) in [5, 5.41) is 6.36. The summed E-state index contributed by atoms with van der Waals surface area (Å²) in [6.45, 7) is 0.186. The molecule has 0 atom stereocenters. The van der Waals surface area contributed by atoms with Crippen molar-refractivity contribution in [3.05, 3.63) is 52.0 Å². The number of anilines is 1. The highest BCUT2D eigenvalue weighted by molar-refractivity contribution is 7.90. The largest absolute Gasteiger partial charge is 0.493 e. The van der Waals surface area contributed by atoms with Crippen LogP contribution in [0.2, 0.25) is 10.0 Å². The summed E-state index contributed by atoms with van der Waals surface area (Å²) in [5.41, 5.74) is 1.11. The average molecular weight is 417 g/mol. The maximum Gasteiger partial charge on any atom is 0.239 e. The second-order valence-corrected chi connectivity index (χ2v) is 8.31. The summed E-state index contributed by atoms with van der Waals surface area (Å²) in [6.07, 6.45) is 1.06. The molecule has 0 aliphatic heterocycles. The molecule has 2 rings (SSSR count). The van der Waals surface area contributed by atoms with Crippen molar-refractivity contribution in [3.63, 3.8) is 0 Å². The first-order valence-electron chi connectivity index (χ1n) is 7.54. The summed E-state index contributed by atoms with van der Waals surface area (Å²) in [5.74, 6) is -0.191. The molecule has 0 bridgehead atoms. The Morgan fingerprint density at radius 1 is 1.19 bits per heavy atom. The highest BCUT2D eigenvalue weighted by Gasteiger charge is 2.19. The average Bonchev–Trinajstić information content (AvgIpc) is 2.58. The summed E-state index contributed by atoms with van der Waals surface area (Å²) in [7, 11) is -2.20. The number of nitrogens with one attached hydrogen (secondary N) is 2. The van der Waals surface area contributed by atoms with Crippen molar-refractivity contribution in [1.29, 1.82) is 0 Å². The molecule has 0 spiro atoms. The number of amides is 1. The fourth-order valence-electron chi connectivity index (χ4n) is 2.26. The fourth-order valence-corrected chi connectivity index (χ4v) is 3.62. The van der Waals surface area contributed by atoms with Gasteiger partial charge in [0.2, 0.25) is 5.91 Å². The van der Waals surface area contributed by atoms with Crippen LogP contribution in [0.25, 0.3) is 0 Å². The van der Waals surface area contributed by atoms with Crippen molar-refractivity contribution < 1.29 is 17.9 Å². The smallest absolute Gasteiger partial charge is 0.239 e. The van der Waals surface area contributed by atoms with Gasteiger partial charge in [-0.2, -0.15) is 0 Å². The van der Waals surface area contributed by atoms with Gasteiger partial charge in [-0.1, -0.05) is 41.4 Å². The molecule has 0 radical (unpaired) electrons. The van der Waals surface area contributed by atoms with Gasteiger partial charge < -0.3 is 15.4 Å². The van der Waals surface area contributed by atoms with Gasteiger partial charge in [-0.05, 0) is 23.8 Å². The lowest BCUT2D eigenvalue weighted by Crippen LogP contribution is -2.29. The molecule has 6 nitrogen and oxygen atoms in total. The van der Waals surface area contributed by atoms with Gasteiger partial charge in [-0.3, -0.25) is 4.79 Å². The van der Waals surface area contributed by atoms with E-state index in [0.717, 1.165) is 11.8 Å². The lowest BCUT2D eigenvalue weighted by atomic mass is 10.2. The maximum atomic E-state index is 12.1. The molecule has 2 aromatic rings. The minimum absolute atomic E-state index is 0.0496. The number of benzene rings is 2. The third-order valence-corrected chi connectivity index (χ3v) is 5.19. The van der Waals surface area contributed by atoms with Gasteiger partial charge in [0.15, 0.2) is 15.6 Å². The highest BCUT2D eigenvalue weighted by atomic mass is 35.5. The molecular weight excluding hydrogens is 399 g/mol. The second-order valence-electron chi connectivity index (χ2n) is 5.48.